The van der Waals surface area contributed by atoms with E-state index in [1.807, 2.05) is 30.3 Å². The molecule has 5 heteroatoms. The van der Waals surface area contributed by atoms with Gasteiger partial charge in [0.25, 0.3) is 0 Å². The maximum absolute atomic E-state index is 11.4. The van der Waals surface area contributed by atoms with Crippen molar-refractivity contribution in [3.8, 4) is 0 Å². The molecule has 0 aromatic heterocycles. The summed E-state index contributed by atoms with van der Waals surface area (Å²) in [5, 5.41) is 0. The highest BCUT2D eigenvalue weighted by molar-refractivity contribution is 5.67. The SMILES string of the molecule is [2H]C([2H])([2H])C(=O)OC(COCc1ccccc1)COC(C)=O. The zero-order chi connectivity index (χ0) is 16.6. The molecule has 0 fully saturated rings. The van der Waals surface area contributed by atoms with Gasteiger partial charge in [-0.2, -0.15) is 0 Å². The van der Waals surface area contributed by atoms with E-state index in [2.05, 4.69) is 0 Å². The molecule has 0 bridgehead atoms. The lowest BCUT2D eigenvalue weighted by molar-refractivity contribution is -0.160. The molecule has 5 nitrogen and oxygen atoms in total. The van der Waals surface area contributed by atoms with E-state index < -0.39 is 24.9 Å². The number of hydrogen-bond donors (Lipinski definition) is 0. The van der Waals surface area contributed by atoms with Gasteiger partial charge < -0.3 is 14.2 Å². The zero-order valence-electron chi connectivity index (χ0n) is 13.6. The molecule has 1 atom stereocenters. The van der Waals surface area contributed by atoms with Gasteiger partial charge in [-0.05, 0) is 5.56 Å². The number of ether oxygens (including phenoxy) is 3. The molecule has 0 saturated heterocycles. The quantitative estimate of drug-likeness (QED) is 0.705. The number of rotatable bonds is 7. The fourth-order valence-electron chi connectivity index (χ4n) is 1.36. The molecule has 0 aliphatic rings. The second kappa shape index (κ2) is 8.26. The molecule has 0 aliphatic heterocycles. The van der Waals surface area contributed by atoms with Crippen LogP contribution in [0, 0.1) is 0 Å². The van der Waals surface area contributed by atoms with Crippen LogP contribution in [0.4, 0.5) is 0 Å². The van der Waals surface area contributed by atoms with Gasteiger partial charge in [0.1, 0.15) is 6.61 Å². The number of carbonyl (C=O) groups excluding carboxylic acids is 2. The first kappa shape index (κ1) is 11.0. The minimum Gasteiger partial charge on any atom is -0.462 e. The van der Waals surface area contributed by atoms with Crippen molar-refractivity contribution in [2.75, 3.05) is 13.2 Å². The van der Waals surface area contributed by atoms with E-state index in [9.17, 15) is 9.59 Å². The van der Waals surface area contributed by atoms with Crippen molar-refractivity contribution in [3.63, 3.8) is 0 Å². The van der Waals surface area contributed by atoms with E-state index in [4.69, 9.17) is 18.3 Å². The Morgan fingerprint density at radius 2 is 1.95 bits per heavy atom. The van der Waals surface area contributed by atoms with Crippen molar-refractivity contribution >= 4 is 11.9 Å². The van der Waals surface area contributed by atoms with Crippen LogP contribution in [0.15, 0.2) is 30.3 Å². The van der Waals surface area contributed by atoms with Gasteiger partial charge >= 0.3 is 11.9 Å². The molecule has 0 spiro atoms. The van der Waals surface area contributed by atoms with Crippen molar-refractivity contribution < 1.29 is 27.9 Å². The summed E-state index contributed by atoms with van der Waals surface area (Å²) in [6.45, 7) is -1.74. The summed E-state index contributed by atoms with van der Waals surface area (Å²) < 4.78 is 35.8. The average molecular weight is 269 g/mol. The van der Waals surface area contributed by atoms with Crippen LogP contribution in [-0.2, 0) is 30.4 Å². The Labute approximate surface area is 116 Å². The highest BCUT2D eigenvalue weighted by Crippen LogP contribution is 2.03. The molecule has 1 aromatic rings. The lowest BCUT2D eigenvalue weighted by atomic mass is 10.2. The van der Waals surface area contributed by atoms with E-state index in [0.717, 1.165) is 5.56 Å². The van der Waals surface area contributed by atoms with Crippen LogP contribution >= 0.6 is 0 Å². The Kier molecular flexibility index (Phi) is 4.78. The molecular formula is C14H18O5. The smallest absolute Gasteiger partial charge is 0.303 e. The molecule has 0 saturated carbocycles. The Bertz CT molecular complexity index is 487. The van der Waals surface area contributed by atoms with Crippen LogP contribution in [0.25, 0.3) is 0 Å². The highest BCUT2D eigenvalue weighted by atomic mass is 16.6. The summed E-state index contributed by atoms with van der Waals surface area (Å²) >= 11 is 0. The molecule has 1 rings (SSSR count). The maximum Gasteiger partial charge on any atom is 0.303 e. The Morgan fingerprint density at radius 1 is 1.21 bits per heavy atom. The van der Waals surface area contributed by atoms with Gasteiger partial charge in [-0.3, -0.25) is 9.59 Å². The molecule has 104 valence electrons. The highest BCUT2D eigenvalue weighted by Gasteiger charge is 2.14. The first-order valence-corrected chi connectivity index (χ1v) is 5.75. The summed E-state index contributed by atoms with van der Waals surface area (Å²) in [5.41, 5.74) is 0.913. The molecule has 1 aromatic carbocycles. The fraction of sp³-hybridized carbons (Fsp3) is 0.429. The van der Waals surface area contributed by atoms with Crippen molar-refractivity contribution in [2.24, 2.45) is 0 Å². The van der Waals surface area contributed by atoms with Gasteiger partial charge in [-0.15, -0.1) is 0 Å². The van der Waals surface area contributed by atoms with Crippen LogP contribution in [0.1, 0.15) is 23.5 Å². The largest absolute Gasteiger partial charge is 0.462 e. The van der Waals surface area contributed by atoms with Crippen molar-refractivity contribution in [2.45, 2.75) is 26.5 Å². The number of esters is 2. The molecule has 0 aliphatic carbocycles. The van der Waals surface area contributed by atoms with E-state index in [-0.39, 0.29) is 19.8 Å². The third-order valence-electron chi connectivity index (χ3n) is 2.16. The van der Waals surface area contributed by atoms with Crippen LogP contribution < -0.4 is 0 Å². The summed E-state index contributed by atoms with van der Waals surface area (Å²) in [7, 11) is 0. The molecule has 0 N–H and O–H groups in total. The number of hydrogen-bond acceptors (Lipinski definition) is 5. The summed E-state index contributed by atoms with van der Waals surface area (Å²) in [4.78, 5) is 22.2. The third kappa shape index (κ3) is 7.21. The average Bonchev–Trinajstić information content (AvgIpc) is 2.44. The lowest BCUT2D eigenvalue weighted by Crippen LogP contribution is -2.28. The zero-order valence-corrected chi connectivity index (χ0v) is 10.6. The number of carbonyl (C=O) groups is 2. The van der Waals surface area contributed by atoms with Crippen LogP contribution in [-0.4, -0.2) is 31.3 Å². The molecule has 1 unspecified atom stereocenters. The molecule has 0 heterocycles. The van der Waals surface area contributed by atoms with Gasteiger partial charge in [0.15, 0.2) is 6.10 Å². The first-order chi connectivity index (χ1) is 10.3. The van der Waals surface area contributed by atoms with Gasteiger partial charge in [-0.25, -0.2) is 0 Å². The van der Waals surface area contributed by atoms with Gasteiger partial charge in [0.2, 0.25) is 0 Å². The Hall–Kier alpha value is -1.88. The summed E-state index contributed by atoms with van der Waals surface area (Å²) in [6, 6.07) is 9.28. The summed E-state index contributed by atoms with van der Waals surface area (Å²) in [6.07, 6.45) is -0.972. The Balaban J connectivity index is 2.50. The Morgan fingerprint density at radius 3 is 2.58 bits per heavy atom. The van der Waals surface area contributed by atoms with E-state index in [0.29, 0.717) is 0 Å². The fourth-order valence-corrected chi connectivity index (χ4v) is 1.36. The standard InChI is InChI=1S/C14H18O5/c1-11(15)18-10-14(19-12(2)16)9-17-8-13-6-4-3-5-7-13/h3-7,14H,8-10H2,1-2H3/i2D3. The second-order valence-electron chi connectivity index (χ2n) is 3.83. The maximum atomic E-state index is 11.4. The van der Waals surface area contributed by atoms with Crippen molar-refractivity contribution in [1.29, 1.82) is 0 Å². The predicted octanol–water partition coefficient (Wildman–Crippen LogP) is 1.70. The van der Waals surface area contributed by atoms with E-state index in [1.54, 1.807) is 0 Å². The monoisotopic (exact) mass is 269 g/mol. The third-order valence-corrected chi connectivity index (χ3v) is 2.16. The van der Waals surface area contributed by atoms with Crippen LogP contribution in [0.3, 0.4) is 0 Å². The van der Waals surface area contributed by atoms with Crippen molar-refractivity contribution in [3.05, 3.63) is 35.9 Å². The van der Waals surface area contributed by atoms with Crippen LogP contribution in [0.5, 0.6) is 0 Å². The van der Waals surface area contributed by atoms with E-state index >= 15 is 0 Å². The molecule has 0 radical (unpaired) electrons. The molecule has 0 amide bonds. The molecular weight excluding hydrogens is 248 g/mol. The lowest BCUT2D eigenvalue weighted by Gasteiger charge is -2.16. The minimum absolute atomic E-state index is 0.0794. The second-order valence-corrected chi connectivity index (χ2v) is 3.83. The predicted molar refractivity (Wildman–Crippen MR) is 68.3 cm³/mol. The normalized spacial score (nSPS) is 14.7. The van der Waals surface area contributed by atoms with Crippen molar-refractivity contribution in [1.82, 2.24) is 0 Å². The van der Waals surface area contributed by atoms with E-state index in [1.165, 1.54) is 6.92 Å². The topological polar surface area (TPSA) is 61.8 Å². The first-order valence-electron chi connectivity index (χ1n) is 7.25. The van der Waals surface area contributed by atoms with Gasteiger partial charge in [-0.1, -0.05) is 30.3 Å². The van der Waals surface area contributed by atoms with Crippen LogP contribution in [0.2, 0.25) is 0 Å². The molecule has 19 heavy (non-hydrogen) atoms. The van der Waals surface area contributed by atoms with Gasteiger partial charge in [0, 0.05) is 17.9 Å². The number of benzene rings is 1. The minimum atomic E-state index is -2.87. The summed E-state index contributed by atoms with van der Waals surface area (Å²) in [5.74, 6) is -1.91. The van der Waals surface area contributed by atoms with Gasteiger partial charge in [0.05, 0.1) is 13.2 Å².